The van der Waals surface area contributed by atoms with Crippen LogP contribution in [0.4, 0.5) is 0 Å². The molecular weight excluding hydrogens is 456 g/mol. The van der Waals surface area contributed by atoms with Gasteiger partial charge in [0.25, 0.3) is 0 Å². The molecule has 10 N–H and O–H groups in total. The zero-order valence-corrected chi connectivity index (χ0v) is 19.6. The van der Waals surface area contributed by atoms with E-state index in [1.807, 2.05) is 0 Å². The van der Waals surface area contributed by atoms with Gasteiger partial charge in [-0.2, -0.15) is 0 Å². The third kappa shape index (κ3) is 8.39. The largest absolute Gasteiger partial charge is 0.480 e. The molecule has 14 heteroatoms. The Labute approximate surface area is 197 Å². The van der Waals surface area contributed by atoms with Gasteiger partial charge in [-0.3, -0.25) is 14.4 Å². The topological polar surface area (TPSA) is 233 Å². The number of methoxy groups -OCH3 is 1. The van der Waals surface area contributed by atoms with Gasteiger partial charge in [0.2, 0.25) is 11.8 Å². The van der Waals surface area contributed by atoms with Gasteiger partial charge in [0.15, 0.2) is 5.79 Å². The van der Waals surface area contributed by atoms with E-state index in [9.17, 15) is 34.8 Å². The number of nitrogens with two attached hydrogens (primary N) is 1. The summed E-state index contributed by atoms with van der Waals surface area (Å²) >= 11 is 0. The molecule has 0 aromatic rings. The molecule has 8 atom stereocenters. The van der Waals surface area contributed by atoms with Crippen LogP contribution in [-0.2, 0) is 23.9 Å². The van der Waals surface area contributed by atoms with Crippen molar-refractivity contribution in [1.29, 1.82) is 0 Å². The summed E-state index contributed by atoms with van der Waals surface area (Å²) in [6.07, 6.45) is -4.49. The molecule has 1 fully saturated rings. The summed E-state index contributed by atoms with van der Waals surface area (Å²) in [4.78, 5) is 34.8. The molecule has 1 unspecified atom stereocenters. The predicted octanol–water partition coefficient (Wildman–Crippen LogP) is -4.02. The molecule has 1 aliphatic heterocycles. The molecule has 0 aliphatic carbocycles. The van der Waals surface area contributed by atoms with Gasteiger partial charge in [-0.1, -0.05) is 0 Å². The van der Waals surface area contributed by atoms with Gasteiger partial charge in [-0.25, -0.2) is 0 Å². The van der Waals surface area contributed by atoms with Crippen molar-refractivity contribution in [1.82, 2.24) is 16.0 Å². The molecule has 0 spiro atoms. The van der Waals surface area contributed by atoms with Crippen molar-refractivity contribution in [2.24, 2.45) is 5.73 Å². The first kappa shape index (κ1) is 30.1. The summed E-state index contributed by atoms with van der Waals surface area (Å²) in [5.41, 5.74) is 5.85. The van der Waals surface area contributed by atoms with Crippen LogP contribution in [0, 0.1) is 0 Å². The van der Waals surface area contributed by atoms with Crippen molar-refractivity contribution in [2.75, 3.05) is 26.8 Å². The number of aliphatic carboxylic acids is 1. The first-order chi connectivity index (χ1) is 15.9. The van der Waals surface area contributed by atoms with E-state index in [1.54, 1.807) is 0 Å². The zero-order chi connectivity index (χ0) is 26.1. The molecule has 1 saturated heterocycles. The molecule has 0 aromatic heterocycles. The number of nitrogens with one attached hydrogen (secondary N) is 3. The Hall–Kier alpha value is -1.91. The maximum atomic E-state index is 12.2. The fourth-order valence-corrected chi connectivity index (χ4v) is 3.49. The number of aliphatic hydroxyl groups is 4. The highest BCUT2D eigenvalue weighted by Gasteiger charge is 2.53. The number of carbonyl (C=O) groups excluding carboxylic acids is 2. The highest BCUT2D eigenvalue weighted by atomic mass is 16.7. The minimum absolute atomic E-state index is 0.0142. The normalized spacial score (nSPS) is 29.6. The first-order valence-electron chi connectivity index (χ1n) is 11.1. The summed E-state index contributed by atoms with van der Waals surface area (Å²) in [6, 6.07) is -2.94. The first-order valence-corrected chi connectivity index (χ1v) is 11.1. The number of carboxylic acids is 1. The number of amides is 2. The minimum atomic E-state index is -1.93. The van der Waals surface area contributed by atoms with Crippen molar-refractivity contribution in [3.05, 3.63) is 0 Å². The Balaban J connectivity index is 2.37. The fourth-order valence-electron chi connectivity index (χ4n) is 3.49. The smallest absolute Gasteiger partial charge is 0.325 e. The summed E-state index contributed by atoms with van der Waals surface area (Å²) in [7, 11) is 1.26. The lowest BCUT2D eigenvalue weighted by Gasteiger charge is -2.47. The summed E-state index contributed by atoms with van der Waals surface area (Å²) in [5.74, 6) is -4.33. The molecule has 1 heterocycles. The van der Waals surface area contributed by atoms with Gasteiger partial charge in [0.1, 0.15) is 36.5 Å². The standard InChI is InChI=1S/C20H38N4O10/c1-10(17(28)24-11(2)19(30)31)23-18(29)12(21)5-4-7-22-8-6-20(32)16(33-3)15(27)14(26)13(9-25)34-20/h10-16,22,25-27,32H,4-9,21H2,1-3H3,(H,23,29)(H,24,28)(H,30,31)/t10-,11-,12-,13+,14-,15-,16+,20?/m0/s1. The van der Waals surface area contributed by atoms with E-state index in [-0.39, 0.29) is 19.4 Å². The lowest BCUT2D eigenvalue weighted by Crippen LogP contribution is -2.66. The number of carboxylic acid groups (broad SMARTS) is 1. The number of ether oxygens (including phenoxy) is 2. The predicted molar refractivity (Wildman–Crippen MR) is 117 cm³/mol. The maximum Gasteiger partial charge on any atom is 0.325 e. The van der Waals surface area contributed by atoms with Crippen LogP contribution in [0.3, 0.4) is 0 Å². The van der Waals surface area contributed by atoms with E-state index in [1.165, 1.54) is 21.0 Å². The van der Waals surface area contributed by atoms with E-state index in [2.05, 4.69) is 16.0 Å². The average molecular weight is 495 g/mol. The molecule has 0 saturated carbocycles. The van der Waals surface area contributed by atoms with Crippen LogP contribution in [0.15, 0.2) is 0 Å². The number of aliphatic hydroxyl groups excluding tert-OH is 3. The monoisotopic (exact) mass is 494 g/mol. The molecule has 0 aromatic carbocycles. The van der Waals surface area contributed by atoms with Crippen molar-refractivity contribution in [3.8, 4) is 0 Å². The quantitative estimate of drug-likeness (QED) is 0.105. The molecule has 1 aliphatic rings. The Bertz CT molecular complexity index is 684. The molecule has 198 valence electrons. The zero-order valence-electron chi connectivity index (χ0n) is 19.6. The molecule has 2 amide bonds. The minimum Gasteiger partial charge on any atom is -0.480 e. The Kier molecular flexibility index (Phi) is 12.3. The van der Waals surface area contributed by atoms with Gasteiger partial charge in [-0.05, 0) is 33.2 Å². The van der Waals surface area contributed by atoms with E-state index in [0.717, 1.165) is 0 Å². The van der Waals surface area contributed by atoms with Crippen molar-refractivity contribution < 1.29 is 49.4 Å². The Morgan fingerprint density at radius 2 is 1.71 bits per heavy atom. The molecular formula is C20H38N4O10. The summed E-state index contributed by atoms with van der Waals surface area (Å²) in [5, 5.41) is 56.6. The van der Waals surface area contributed by atoms with Crippen molar-refractivity contribution in [2.45, 2.75) is 81.4 Å². The van der Waals surface area contributed by atoms with Crippen molar-refractivity contribution in [3.63, 3.8) is 0 Å². The van der Waals surface area contributed by atoms with E-state index in [4.69, 9.17) is 20.3 Å². The lowest BCUT2D eigenvalue weighted by molar-refractivity contribution is -0.354. The van der Waals surface area contributed by atoms with Crippen molar-refractivity contribution >= 4 is 17.8 Å². The third-order valence-corrected chi connectivity index (χ3v) is 5.62. The molecule has 0 radical (unpaired) electrons. The van der Waals surface area contributed by atoms with E-state index >= 15 is 0 Å². The van der Waals surface area contributed by atoms with Gasteiger partial charge in [0.05, 0.1) is 12.6 Å². The number of rotatable bonds is 14. The van der Waals surface area contributed by atoms with Crippen LogP contribution >= 0.6 is 0 Å². The van der Waals surface area contributed by atoms with Crippen LogP contribution in [0.2, 0.25) is 0 Å². The summed E-state index contributed by atoms with van der Waals surface area (Å²) in [6.45, 7) is 2.79. The third-order valence-electron chi connectivity index (χ3n) is 5.62. The fraction of sp³-hybridized carbons (Fsp3) is 0.850. The van der Waals surface area contributed by atoms with E-state index in [0.29, 0.717) is 13.0 Å². The molecule has 1 rings (SSSR count). The second-order valence-electron chi connectivity index (χ2n) is 8.37. The van der Waals surface area contributed by atoms with E-state index < -0.39 is 72.7 Å². The lowest BCUT2D eigenvalue weighted by atomic mass is 9.90. The van der Waals surface area contributed by atoms with Gasteiger partial charge in [0, 0.05) is 20.1 Å². The van der Waals surface area contributed by atoms with Gasteiger partial charge < -0.3 is 56.7 Å². The van der Waals surface area contributed by atoms with Crippen LogP contribution in [0.5, 0.6) is 0 Å². The van der Waals surface area contributed by atoms with Gasteiger partial charge >= 0.3 is 5.97 Å². The molecule has 34 heavy (non-hydrogen) atoms. The maximum absolute atomic E-state index is 12.2. The molecule has 0 bridgehead atoms. The SMILES string of the molecule is CO[C@@H]1[C@@H](O)[C@@H](O)[C@@H](CO)OC1(O)CCNCCC[C@H](N)C(=O)N[C@@H](C)C(=O)N[C@@H](C)C(=O)O. The number of carbonyl (C=O) groups is 3. The highest BCUT2D eigenvalue weighted by molar-refractivity contribution is 5.91. The Morgan fingerprint density at radius 3 is 2.26 bits per heavy atom. The summed E-state index contributed by atoms with van der Waals surface area (Å²) < 4.78 is 10.5. The second-order valence-corrected chi connectivity index (χ2v) is 8.37. The van der Waals surface area contributed by atoms with Crippen LogP contribution in [0.25, 0.3) is 0 Å². The van der Waals surface area contributed by atoms with Gasteiger partial charge in [-0.15, -0.1) is 0 Å². The average Bonchev–Trinajstić information content (AvgIpc) is 2.78. The second kappa shape index (κ2) is 13.8. The molecule has 14 nitrogen and oxygen atoms in total. The number of hydrogen-bond acceptors (Lipinski definition) is 11. The number of hydrogen-bond donors (Lipinski definition) is 9. The highest BCUT2D eigenvalue weighted by Crippen LogP contribution is 2.32. The van der Waals surface area contributed by atoms with Crippen LogP contribution in [0.1, 0.15) is 33.1 Å². The van der Waals surface area contributed by atoms with Crippen LogP contribution in [-0.4, -0.2) is 118 Å². The Morgan fingerprint density at radius 1 is 1.09 bits per heavy atom. The van der Waals surface area contributed by atoms with Crippen LogP contribution < -0.4 is 21.7 Å².